The maximum Gasteiger partial charge on any atom is 0.223 e. The molecular formula is C15H29Cl3N4O2S. The van der Waals surface area contributed by atoms with E-state index in [1.54, 1.807) is 11.3 Å². The van der Waals surface area contributed by atoms with E-state index in [-0.39, 0.29) is 49.2 Å². The molecule has 0 spiro atoms. The van der Waals surface area contributed by atoms with Crippen LogP contribution >= 0.6 is 48.6 Å². The van der Waals surface area contributed by atoms with Gasteiger partial charge in [0.25, 0.3) is 0 Å². The van der Waals surface area contributed by atoms with E-state index in [2.05, 4.69) is 15.3 Å². The van der Waals surface area contributed by atoms with Gasteiger partial charge < -0.3 is 15.4 Å². The van der Waals surface area contributed by atoms with Crippen LogP contribution in [0, 0.1) is 0 Å². The highest BCUT2D eigenvalue weighted by atomic mass is 35.5. The molecule has 1 aromatic rings. The van der Waals surface area contributed by atoms with Gasteiger partial charge in [-0.25, -0.2) is 4.98 Å². The molecule has 1 unspecified atom stereocenters. The molecule has 0 radical (unpaired) electrons. The Balaban J connectivity index is 0. The zero-order valence-corrected chi connectivity index (χ0v) is 17.9. The quantitative estimate of drug-likeness (QED) is 0.712. The Morgan fingerprint density at radius 3 is 2.52 bits per heavy atom. The van der Waals surface area contributed by atoms with E-state index in [4.69, 9.17) is 10.5 Å². The highest BCUT2D eigenvalue weighted by Gasteiger charge is 2.21. The van der Waals surface area contributed by atoms with Crippen LogP contribution in [-0.4, -0.2) is 60.0 Å². The maximum atomic E-state index is 11.8. The van der Waals surface area contributed by atoms with Crippen molar-refractivity contribution in [2.24, 2.45) is 5.73 Å². The van der Waals surface area contributed by atoms with E-state index in [9.17, 15) is 4.79 Å². The first-order valence-electron chi connectivity index (χ1n) is 7.90. The SMILES string of the molecule is CCOC(C)c1nc(CN2CCN(C(=O)CCN)CC2)cs1.Cl.Cl.Cl. The fourth-order valence-electron chi connectivity index (χ4n) is 2.57. The Bertz CT molecular complexity index is 485. The predicted octanol–water partition coefficient (Wildman–Crippen LogP) is 2.50. The lowest BCUT2D eigenvalue weighted by molar-refractivity contribution is -0.132. The smallest absolute Gasteiger partial charge is 0.223 e. The lowest BCUT2D eigenvalue weighted by Crippen LogP contribution is -2.48. The highest BCUT2D eigenvalue weighted by Crippen LogP contribution is 2.22. The van der Waals surface area contributed by atoms with Crippen molar-refractivity contribution in [3.05, 3.63) is 16.1 Å². The van der Waals surface area contributed by atoms with Gasteiger partial charge in [-0.3, -0.25) is 9.69 Å². The Morgan fingerprint density at radius 2 is 1.96 bits per heavy atom. The number of hydrogen-bond acceptors (Lipinski definition) is 6. The van der Waals surface area contributed by atoms with Gasteiger partial charge >= 0.3 is 0 Å². The molecule has 25 heavy (non-hydrogen) atoms. The van der Waals surface area contributed by atoms with Crippen LogP contribution in [0.4, 0.5) is 0 Å². The largest absolute Gasteiger partial charge is 0.372 e. The third-order valence-electron chi connectivity index (χ3n) is 3.80. The fourth-order valence-corrected chi connectivity index (χ4v) is 3.38. The van der Waals surface area contributed by atoms with Crippen molar-refractivity contribution >= 4 is 54.5 Å². The molecule has 2 N–H and O–H groups in total. The summed E-state index contributed by atoms with van der Waals surface area (Å²) in [5, 5.41) is 3.14. The first kappa shape index (κ1) is 27.1. The Hall–Kier alpha value is -0.150. The first-order chi connectivity index (χ1) is 10.6. The molecule has 1 fully saturated rings. The van der Waals surface area contributed by atoms with Crippen LogP contribution in [0.25, 0.3) is 0 Å². The number of carbonyl (C=O) groups excluding carboxylic acids is 1. The zero-order valence-electron chi connectivity index (χ0n) is 14.7. The molecule has 0 bridgehead atoms. The average molecular weight is 436 g/mol. The van der Waals surface area contributed by atoms with Gasteiger partial charge in [0.15, 0.2) is 0 Å². The number of nitrogens with two attached hydrogens (primary N) is 1. The van der Waals surface area contributed by atoms with Crippen LogP contribution in [0.2, 0.25) is 0 Å². The molecule has 2 heterocycles. The normalized spacial score (nSPS) is 15.6. The van der Waals surface area contributed by atoms with E-state index < -0.39 is 0 Å². The maximum absolute atomic E-state index is 11.8. The van der Waals surface area contributed by atoms with Gasteiger partial charge in [0.05, 0.1) is 5.69 Å². The minimum absolute atomic E-state index is 0. The number of piperazine rings is 1. The van der Waals surface area contributed by atoms with Crippen molar-refractivity contribution < 1.29 is 9.53 Å². The summed E-state index contributed by atoms with van der Waals surface area (Å²) >= 11 is 1.66. The third kappa shape index (κ3) is 8.39. The minimum Gasteiger partial charge on any atom is -0.372 e. The Labute approximate surface area is 172 Å². The number of thiazole rings is 1. The van der Waals surface area contributed by atoms with E-state index in [1.807, 2.05) is 18.7 Å². The number of nitrogens with zero attached hydrogens (tertiary/aromatic N) is 3. The molecule has 10 heteroatoms. The third-order valence-corrected chi connectivity index (χ3v) is 4.86. The van der Waals surface area contributed by atoms with Crippen molar-refractivity contribution in [3.8, 4) is 0 Å². The van der Waals surface area contributed by atoms with Gasteiger partial charge in [-0.2, -0.15) is 0 Å². The molecule has 1 aliphatic rings. The number of ether oxygens (including phenoxy) is 1. The molecule has 0 aliphatic carbocycles. The molecule has 1 aliphatic heterocycles. The summed E-state index contributed by atoms with van der Waals surface area (Å²) in [4.78, 5) is 20.7. The minimum atomic E-state index is 0. The van der Waals surface area contributed by atoms with Crippen LogP contribution in [0.5, 0.6) is 0 Å². The number of halogens is 3. The van der Waals surface area contributed by atoms with E-state index in [0.717, 1.165) is 43.4 Å². The molecule has 2 rings (SSSR count). The summed E-state index contributed by atoms with van der Waals surface area (Å²) in [7, 11) is 0. The molecule has 1 amide bonds. The lowest BCUT2D eigenvalue weighted by Gasteiger charge is -2.34. The first-order valence-corrected chi connectivity index (χ1v) is 8.78. The van der Waals surface area contributed by atoms with E-state index in [0.29, 0.717) is 19.6 Å². The molecule has 1 aromatic heterocycles. The summed E-state index contributed by atoms with van der Waals surface area (Å²) < 4.78 is 5.57. The number of rotatable bonds is 7. The molecule has 1 atom stereocenters. The predicted molar refractivity (Wildman–Crippen MR) is 109 cm³/mol. The molecule has 0 aromatic carbocycles. The monoisotopic (exact) mass is 434 g/mol. The van der Waals surface area contributed by atoms with Gasteiger partial charge in [0.2, 0.25) is 5.91 Å². The van der Waals surface area contributed by atoms with Crippen molar-refractivity contribution in [1.29, 1.82) is 0 Å². The van der Waals surface area contributed by atoms with Gasteiger partial charge in [-0.05, 0) is 13.8 Å². The highest BCUT2D eigenvalue weighted by molar-refractivity contribution is 7.09. The summed E-state index contributed by atoms with van der Waals surface area (Å²) in [6.07, 6.45) is 0.514. The van der Waals surface area contributed by atoms with Crippen LogP contribution in [-0.2, 0) is 16.1 Å². The van der Waals surface area contributed by atoms with Crippen molar-refractivity contribution in [3.63, 3.8) is 0 Å². The lowest BCUT2D eigenvalue weighted by atomic mass is 10.2. The second kappa shape index (κ2) is 14.0. The zero-order chi connectivity index (χ0) is 15.9. The molecule has 0 saturated carbocycles. The van der Waals surface area contributed by atoms with Crippen molar-refractivity contribution in [2.45, 2.75) is 32.9 Å². The van der Waals surface area contributed by atoms with E-state index in [1.165, 1.54) is 0 Å². The second-order valence-corrected chi connectivity index (χ2v) is 6.36. The number of amides is 1. The van der Waals surface area contributed by atoms with Gasteiger partial charge in [-0.1, -0.05) is 0 Å². The number of carbonyl (C=O) groups is 1. The van der Waals surface area contributed by atoms with Crippen LogP contribution in [0.3, 0.4) is 0 Å². The Kier molecular flexibility index (Phi) is 15.1. The summed E-state index contributed by atoms with van der Waals surface area (Å²) in [5.74, 6) is 0.170. The van der Waals surface area contributed by atoms with Crippen LogP contribution in [0.15, 0.2) is 5.38 Å². The van der Waals surface area contributed by atoms with Crippen LogP contribution in [0.1, 0.15) is 37.1 Å². The summed E-state index contributed by atoms with van der Waals surface area (Å²) in [5.41, 5.74) is 6.53. The second-order valence-electron chi connectivity index (χ2n) is 5.47. The average Bonchev–Trinajstić information content (AvgIpc) is 2.97. The van der Waals surface area contributed by atoms with Crippen molar-refractivity contribution in [1.82, 2.24) is 14.8 Å². The molecule has 148 valence electrons. The molecular weight excluding hydrogens is 407 g/mol. The number of hydrogen-bond donors (Lipinski definition) is 1. The topological polar surface area (TPSA) is 71.7 Å². The standard InChI is InChI=1S/C15H26N4O2S.3ClH/c1-3-21-12(2)15-17-13(11-22-15)10-18-6-8-19(9-7-18)14(20)4-5-16;;;/h11-12H,3-10,16H2,1-2H3;3*1H. The fraction of sp³-hybridized carbons (Fsp3) is 0.733. The van der Waals surface area contributed by atoms with Gasteiger partial charge in [-0.15, -0.1) is 48.6 Å². The van der Waals surface area contributed by atoms with Crippen molar-refractivity contribution in [2.75, 3.05) is 39.3 Å². The van der Waals surface area contributed by atoms with Crippen LogP contribution < -0.4 is 5.73 Å². The van der Waals surface area contributed by atoms with Gasteiger partial charge in [0, 0.05) is 57.7 Å². The van der Waals surface area contributed by atoms with Gasteiger partial charge in [0.1, 0.15) is 11.1 Å². The molecule has 1 saturated heterocycles. The molecule has 6 nitrogen and oxygen atoms in total. The Morgan fingerprint density at radius 1 is 1.32 bits per heavy atom. The summed E-state index contributed by atoms with van der Waals surface area (Å²) in [6.45, 7) is 9.36. The number of aromatic nitrogens is 1. The summed E-state index contributed by atoms with van der Waals surface area (Å²) in [6, 6.07) is 0. The van der Waals surface area contributed by atoms with E-state index >= 15 is 0 Å².